The second-order valence-electron chi connectivity index (χ2n) is 6.42. The van der Waals surface area contributed by atoms with Crippen LogP contribution in [0, 0.1) is 18.6 Å². The first-order valence-electron chi connectivity index (χ1n) is 8.74. The lowest BCUT2D eigenvalue weighted by atomic mass is 10.1. The van der Waals surface area contributed by atoms with Gasteiger partial charge in [-0.15, -0.1) is 0 Å². The Hall–Kier alpha value is -3.80. The maximum atomic E-state index is 13.9. The first kappa shape index (κ1) is 18.6. The van der Waals surface area contributed by atoms with Crippen LogP contribution in [0.1, 0.15) is 31.8 Å². The summed E-state index contributed by atoms with van der Waals surface area (Å²) in [5, 5.41) is 0. The van der Waals surface area contributed by atoms with Gasteiger partial charge in [-0.2, -0.15) is 0 Å². The summed E-state index contributed by atoms with van der Waals surface area (Å²) >= 11 is 0. The van der Waals surface area contributed by atoms with E-state index in [4.69, 9.17) is 9.47 Å². The van der Waals surface area contributed by atoms with E-state index in [-0.39, 0.29) is 34.2 Å². The molecule has 0 N–H and O–H groups in total. The fourth-order valence-electron chi connectivity index (χ4n) is 2.96. The fourth-order valence-corrected chi connectivity index (χ4v) is 2.96. The van der Waals surface area contributed by atoms with Gasteiger partial charge in [0.1, 0.15) is 23.1 Å². The van der Waals surface area contributed by atoms with Crippen molar-refractivity contribution in [3.8, 4) is 11.5 Å². The van der Waals surface area contributed by atoms with E-state index in [1.54, 1.807) is 19.1 Å². The Morgan fingerprint density at radius 2 is 1.72 bits per heavy atom. The zero-order valence-corrected chi connectivity index (χ0v) is 15.2. The molecule has 0 aliphatic carbocycles. The van der Waals surface area contributed by atoms with Gasteiger partial charge in [-0.1, -0.05) is 18.2 Å². The molecule has 4 nitrogen and oxygen atoms in total. The minimum atomic E-state index is -0.667. The predicted molar refractivity (Wildman–Crippen MR) is 102 cm³/mol. The molecular formula is C23H14F2O4. The van der Waals surface area contributed by atoms with Crippen molar-refractivity contribution < 1.29 is 27.8 Å². The van der Waals surface area contributed by atoms with Gasteiger partial charge in [-0.3, -0.25) is 4.79 Å². The van der Waals surface area contributed by atoms with Crippen LogP contribution in [0.3, 0.4) is 0 Å². The molecule has 0 spiro atoms. The largest absolute Gasteiger partial charge is 0.452 e. The highest BCUT2D eigenvalue weighted by atomic mass is 19.1. The Balaban J connectivity index is 1.62. The molecule has 1 heterocycles. The summed E-state index contributed by atoms with van der Waals surface area (Å²) in [7, 11) is 0. The quantitative estimate of drug-likeness (QED) is 0.353. The van der Waals surface area contributed by atoms with Crippen LogP contribution in [-0.4, -0.2) is 11.8 Å². The minimum absolute atomic E-state index is 0.0183. The van der Waals surface area contributed by atoms with E-state index in [0.29, 0.717) is 11.1 Å². The van der Waals surface area contributed by atoms with Gasteiger partial charge < -0.3 is 9.47 Å². The third-order valence-electron chi connectivity index (χ3n) is 4.51. The summed E-state index contributed by atoms with van der Waals surface area (Å²) in [6, 6.07) is 14.0. The lowest BCUT2D eigenvalue weighted by Crippen LogP contribution is -2.09. The zero-order chi connectivity index (χ0) is 20.5. The highest BCUT2D eigenvalue weighted by Crippen LogP contribution is 2.39. The van der Waals surface area contributed by atoms with E-state index in [1.807, 2.05) is 0 Å². The average molecular weight is 392 g/mol. The molecule has 0 radical (unpaired) electrons. The second kappa shape index (κ2) is 7.31. The van der Waals surface area contributed by atoms with Gasteiger partial charge >= 0.3 is 5.97 Å². The summed E-state index contributed by atoms with van der Waals surface area (Å²) in [6.07, 6.45) is 1.33. The molecule has 0 saturated heterocycles. The molecule has 1 aliphatic rings. The van der Waals surface area contributed by atoms with Crippen LogP contribution in [0.2, 0.25) is 0 Å². The molecule has 6 heteroatoms. The number of ether oxygens (including phenoxy) is 2. The Morgan fingerprint density at radius 3 is 2.45 bits per heavy atom. The molecular weight excluding hydrogens is 378 g/mol. The van der Waals surface area contributed by atoms with E-state index in [1.165, 1.54) is 42.5 Å². The maximum Gasteiger partial charge on any atom is 0.343 e. The number of ketones is 1. The monoisotopic (exact) mass is 392 g/mol. The number of halogens is 2. The lowest BCUT2D eigenvalue weighted by molar-refractivity contribution is 0.0733. The molecule has 3 aromatic rings. The number of benzene rings is 3. The van der Waals surface area contributed by atoms with Gasteiger partial charge in [0.25, 0.3) is 0 Å². The summed E-state index contributed by atoms with van der Waals surface area (Å²) in [5.74, 6) is -1.55. The van der Waals surface area contributed by atoms with Crippen molar-refractivity contribution in [3.63, 3.8) is 0 Å². The molecule has 0 bridgehead atoms. The fraction of sp³-hybridized carbons (Fsp3) is 0.0435. The standard InChI is InChI=1S/C23H14F2O4/c1-13-19(29-23(27)14-6-8-16(24)9-7-14)11-10-17-21(26)20(28-22(13)17)12-15-4-2-3-5-18(15)25/h2-12H,1H3/b20-12-. The van der Waals surface area contributed by atoms with E-state index >= 15 is 0 Å². The van der Waals surface area contributed by atoms with Crippen molar-refractivity contribution >= 4 is 17.8 Å². The van der Waals surface area contributed by atoms with Crippen LogP contribution in [0.25, 0.3) is 6.08 Å². The van der Waals surface area contributed by atoms with Gasteiger partial charge in [0, 0.05) is 11.1 Å². The minimum Gasteiger partial charge on any atom is -0.452 e. The van der Waals surface area contributed by atoms with Crippen molar-refractivity contribution in [2.45, 2.75) is 6.92 Å². The van der Waals surface area contributed by atoms with Crippen molar-refractivity contribution in [2.24, 2.45) is 0 Å². The summed E-state index contributed by atoms with van der Waals surface area (Å²) in [5.41, 5.74) is 1.16. The van der Waals surface area contributed by atoms with Crippen LogP contribution < -0.4 is 9.47 Å². The highest BCUT2D eigenvalue weighted by molar-refractivity contribution is 6.15. The third-order valence-corrected chi connectivity index (χ3v) is 4.51. The molecule has 0 atom stereocenters. The molecule has 144 valence electrons. The molecule has 0 amide bonds. The molecule has 4 rings (SSSR count). The molecule has 3 aromatic carbocycles. The number of rotatable bonds is 3. The van der Waals surface area contributed by atoms with Crippen molar-refractivity contribution in [2.75, 3.05) is 0 Å². The predicted octanol–water partition coefficient (Wildman–Crippen LogP) is 5.11. The topological polar surface area (TPSA) is 52.6 Å². The van der Waals surface area contributed by atoms with Gasteiger partial charge in [-0.05, 0) is 55.5 Å². The van der Waals surface area contributed by atoms with E-state index in [9.17, 15) is 18.4 Å². The highest BCUT2D eigenvalue weighted by Gasteiger charge is 2.30. The Labute approximate surface area is 165 Å². The Morgan fingerprint density at radius 1 is 1.00 bits per heavy atom. The SMILES string of the molecule is Cc1c(OC(=O)c2ccc(F)cc2)ccc2c1O/C(=C\c1ccccc1F)C2=O. The zero-order valence-electron chi connectivity index (χ0n) is 15.2. The number of fused-ring (bicyclic) bond motifs is 1. The van der Waals surface area contributed by atoms with Crippen LogP contribution in [0.5, 0.6) is 11.5 Å². The van der Waals surface area contributed by atoms with E-state index in [2.05, 4.69) is 0 Å². The lowest BCUT2D eigenvalue weighted by Gasteiger charge is -2.10. The van der Waals surface area contributed by atoms with Crippen molar-refractivity contribution in [1.82, 2.24) is 0 Å². The number of hydrogen-bond donors (Lipinski definition) is 0. The molecule has 0 aromatic heterocycles. The number of Topliss-reactive ketones (excluding diaryl/α,β-unsaturated/α-hetero) is 1. The van der Waals surface area contributed by atoms with Crippen molar-refractivity contribution in [3.05, 3.63) is 100 Å². The number of esters is 1. The van der Waals surface area contributed by atoms with E-state index < -0.39 is 17.6 Å². The third kappa shape index (κ3) is 3.52. The Kier molecular flexibility index (Phi) is 4.68. The van der Waals surface area contributed by atoms with Crippen molar-refractivity contribution in [1.29, 1.82) is 0 Å². The molecule has 0 fully saturated rings. The molecule has 29 heavy (non-hydrogen) atoms. The molecule has 1 aliphatic heterocycles. The van der Waals surface area contributed by atoms with Crippen LogP contribution in [-0.2, 0) is 0 Å². The normalized spacial score (nSPS) is 13.9. The Bertz CT molecular complexity index is 1160. The smallest absolute Gasteiger partial charge is 0.343 e. The van der Waals surface area contributed by atoms with Gasteiger partial charge in [0.05, 0.1) is 11.1 Å². The summed E-state index contributed by atoms with van der Waals surface area (Å²) in [4.78, 5) is 24.9. The number of carbonyl (C=O) groups excluding carboxylic acids is 2. The first-order chi connectivity index (χ1) is 13.9. The molecule has 0 unspecified atom stereocenters. The average Bonchev–Trinajstić information content (AvgIpc) is 3.03. The van der Waals surface area contributed by atoms with Crippen LogP contribution in [0.4, 0.5) is 8.78 Å². The molecule has 0 saturated carbocycles. The number of hydrogen-bond acceptors (Lipinski definition) is 4. The van der Waals surface area contributed by atoms with Crippen LogP contribution >= 0.6 is 0 Å². The number of carbonyl (C=O) groups is 2. The second-order valence-corrected chi connectivity index (χ2v) is 6.42. The first-order valence-corrected chi connectivity index (χ1v) is 8.74. The van der Waals surface area contributed by atoms with Gasteiger partial charge in [-0.25, -0.2) is 13.6 Å². The van der Waals surface area contributed by atoms with Gasteiger partial charge in [0.2, 0.25) is 5.78 Å². The van der Waals surface area contributed by atoms with Crippen LogP contribution in [0.15, 0.2) is 66.4 Å². The maximum absolute atomic E-state index is 13.9. The number of allylic oxidation sites excluding steroid dienone is 1. The summed E-state index contributed by atoms with van der Waals surface area (Å²) in [6.45, 7) is 1.64. The summed E-state index contributed by atoms with van der Waals surface area (Å²) < 4.78 is 37.9. The van der Waals surface area contributed by atoms with Gasteiger partial charge in [0.15, 0.2) is 5.76 Å². The van der Waals surface area contributed by atoms with E-state index in [0.717, 1.165) is 12.1 Å².